The fraction of sp³-hybridized carbons (Fsp3) is 0.0909. The van der Waals surface area contributed by atoms with Gasteiger partial charge in [0.2, 0.25) is 0 Å². The van der Waals surface area contributed by atoms with E-state index >= 15 is 0 Å². The topological polar surface area (TPSA) is 66.4 Å². The third kappa shape index (κ3) is 1.67. The number of carbonyl (C=O) groups is 2. The molecule has 0 saturated carbocycles. The molecule has 1 heterocycles. The largest absolute Gasteiger partial charge is 0.392 e. The minimum absolute atomic E-state index is 0.0393. The number of carbonyl (C=O) groups excluding carboxylic acids is 2. The lowest BCUT2D eigenvalue weighted by Gasteiger charge is -1.98. The summed E-state index contributed by atoms with van der Waals surface area (Å²) in [6, 6.07) is 5.03. The van der Waals surface area contributed by atoms with Gasteiger partial charge in [-0.1, -0.05) is 18.2 Å². The van der Waals surface area contributed by atoms with Gasteiger partial charge < -0.3 is 10.4 Å². The molecule has 4 nitrogen and oxygen atoms in total. The van der Waals surface area contributed by atoms with Crippen LogP contribution in [0.2, 0.25) is 0 Å². The van der Waals surface area contributed by atoms with Crippen LogP contribution in [0, 0.1) is 0 Å². The van der Waals surface area contributed by atoms with Gasteiger partial charge in [-0.15, -0.1) is 0 Å². The van der Waals surface area contributed by atoms with Crippen LogP contribution in [0.3, 0.4) is 0 Å². The molecule has 1 aromatic carbocycles. The molecule has 0 radical (unpaired) electrons. The number of fused-ring (bicyclic) bond motifs is 1. The number of hydrogen-bond donors (Lipinski definition) is 2. The third-order valence-corrected chi connectivity index (χ3v) is 2.16. The summed E-state index contributed by atoms with van der Waals surface area (Å²) < 4.78 is 0. The average Bonchev–Trinajstić information content (AvgIpc) is 2.52. The van der Waals surface area contributed by atoms with Gasteiger partial charge in [0.15, 0.2) is 0 Å². The Balaban J connectivity index is 2.37. The molecular weight excluding hydrogens is 194 g/mol. The summed E-state index contributed by atoms with van der Waals surface area (Å²) in [5.41, 5.74) is 1.77. The Morgan fingerprint density at radius 1 is 1.33 bits per heavy atom. The molecule has 2 N–H and O–H groups in total. The number of anilines is 1. The second-order valence-corrected chi connectivity index (χ2v) is 3.17. The molecule has 0 saturated heterocycles. The second-order valence-electron chi connectivity index (χ2n) is 3.17. The lowest BCUT2D eigenvalue weighted by molar-refractivity contribution is -0.112. The molecule has 1 aliphatic heterocycles. The van der Waals surface area contributed by atoms with Crippen molar-refractivity contribution in [1.82, 2.24) is 0 Å². The lowest BCUT2D eigenvalue weighted by Crippen LogP contribution is -2.12. The monoisotopic (exact) mass is 203 g/mol. The van der Waals surface area contributed by atoms with Crippen LogP contribution in [0.4, 0.5) is 5.69 Å². The highest BCUT2D eigenvalue weighted by atomic mass is 16.2. The zero-order valence-corrected chi connectivity index (χ0v) is 7.86. The highest BCUT2D eigenvalue weighted by molar-refractivity contribution is 6.51. The van der Waals surface area contributed by atoms with E-state index in [9.17, 15) is 9.59 Å². The summed E-state index contributed by atoms with van der Waals surface area (Å²) >= 11 is 0. The number of nitrogens with one attached hydrogen (secondary N) is 1. The van der Waals surface area contributed by atoms with Gasteiger partial charge in [-0.3, -0.25) is 9.59 Å². The Morgan fingerprint density at radius 3 is 2.87 bits per heavy atom. The van der Waals surface area contributed by atoms with Crippen LogP contribution in [-0.2, 0) is 4.79 Å². The Kier molecular flexibility index (Phi) is 2.35. The summed E-state index contributed by atoms with van der Waals surface area (Å²) in [7, 11) is 0. The minimum atomic E-state index is -0.590. The summed E-state index contributed by atoms with van der Waals surface area (Å²) in [5, 5.41) is 11.1. The van der Waals surface area contributed by atoms with E-state index in [-0.39, 0.29) is 6.61 Å². The van der Waals surface area contributed by atoms with Crippen LogP contribution in [0.25, 0.3) is 6.08 Å². The first-order chi connectivity index (χ1) is 7.22. The SMILES string of the molecule is O=C1Nc2cc(C=CCO)ccc2C1=O. The smallest absolute Gasteiger partial charge is 0.296 e. The average molecular weight is 203 g/mol. The first-order valence-electron chi connectivity index (χ1n) is 4.49. The maximum Gasteiger partial charge on any atom is 0.296 e. The van der Waals surface area contributed by atoms with E-state index in [1.165, 1.54) is 0 Å². The molecule has 4 heteroatoms. The van der Waals surface area contributed by atoms with Gasteiger partial charge in [-0.25, -0.2) is 0 Å². The highest BCUT2D eigenvalue weighted by Gasteiger charge is 2.27. The summed E-state index contributed by atoms with van der Waals surface area (Å²) in [4.78, 5) is 22.3. The Hall–Kier alpha value is -1.94. The number of hydrogen-bond acceptors (Lipinski definition) is 3. The van der Waals surface area contributed by atoms with Gasteiger partial charge in [0, 0.05) is 0 Å². The van der Waals surface area contributed by atoms with Crippen LogP contribution < -0.4 is 5.32 Å². The fourth-order valence-corrected chi connectivity index (χ4v) is 1.46. The van der Waals surface area contributed by atoms with E-state index in [0.717, 1.165) is 5.56 Å². The predicted molar refractivity (Wildman–Crippen MR) is 55.5 cm³/mol. The van der Waals surface area contributed by atoms with Crippen LogP contribution in [-0.4, -0.2) is 23.4 Å². The predicted octanol–water partition coefficient (Wildman–Crippen LogP) is 0.827. The number of amides is 1. The van der Waals surface area contributed by atoms with Crippen molar-refractivity contribution in [3.63, 3.8) is 0 Å². The van der Waals surface area contributed by atoms with Crippen molar-refractivity contribution < 1.29 is 14.7 Å². The van der Waals surface area contributed by atoms with Gasteiger partial charge in [0.05, 0.1) is 17.9 Å². The van der Waals surface area contributed by atoms with E-state index in [2.05, 4.69) is 5.32 Å². The van der Waals surface area contributed by atoms with Gasteiger partial charge in [-0.05, 0) is 17.7 Å². The number of ketones is 1. The molecule has 0 atom stereocenters. The van der Waals surface area contributed by atoms with Crippen molar-refractivity contribution in [2.45, 2.75) is 0 Å². The maximum absolute atomic E-state index is 11.3. The highest BCUT2D eigenvalue weighted by Crippen LogP contribution is 2.24. The molecule has 15 heavy (non-hydrogen) atoms. The molecule has 1 aromatic rings. The summed E-state index contributed by atoms with van der Waals surface area (Å²) in [6.07, 6.45) is 3.30. The standard InChI is InChI=1S/C11H9NO3/c13-5-1-2-7-3-4-8-9(6-7)12-11(15)10(8)14/h1-4,6,13H,5H2,(H,12,14,15). The first kappa shape index (κ1) is 9.61. The first-order valence-corrected chi connectivity index (χ1v) is 4.49. The second kappa shape index (κ2) is 3.67. The molecular formula is C11H9NO3. The minimum Gasteiger partial charge on any atom is -0.392 e. The zero-order valence-electron chi connectivity index (χ0n) is 7.86. The van der Waals surface area contributed by atoms with E-state index in [0.29, 0.717) is 11.3 Å². The van der Waals surface area contributed by atoms with Crippen molar-refractivity contribution in [3.8, 4) is 0 Å². The quantitative estimate of drug-likeness (QED) is 0.699. The molecule has 0 bridgehead atoms. The van der Waals surface area contributed by atoms with Gasteiger partial charge in [0.25, 0.3) is 11.7 Å². The molecule has 0 unspecified atom stereocenters. The molecule has 76 valence electrons. The van der Waals surface area contributed by atoms with Crippen molar-refractivity contribution in [2.75, 3.05) is 11.9 Å². The molecule has 2 rings (SSSR count). The molecule has 1 aliphatic rings. The van der Waals surface area contributed by atoms with E-state index in [4.69, 9.17) is 5.11 Å². The molecule has 0 aromatic heterocycles. The van der Waals surface area contributed by atoms with Crippen molar-refractivity contribution in [1.29, 1.82) is 0 Å². The number of aliphatic hydroxyl groups excluding tert-OH is 1. The fourth-order valence-electron chi connectivity index (χ4n) is 1.46. The summed E-state index contributed by atoms with van der Waals surface area (Å²) in [5.74, 6) is -1.09. The Morgan fingerprint density at radius 2 is 2.13 bits per heavy atom. The van der Waals surface area contributed by atoms with Crippen molar-refractivity contribution in [3.05, 3.63) is 35.4 Å². The Bertz CT molecular complexity index is 463. The number of Topliss-reactive ketones (excluding diaryl/α,β-unsaturated/α-hetero) is 1. The van der Waals surface area contributed by atoms with Crippen LogP contribution in [0.1, 0.15) is 15.9 Å². The van der Waals surface area contributed by atoms with E-state index in [1.54, 1.807) is 30.4 Å². The normalized spacial score (nSPS) is 14.5. The lowest BCUT2D eigenvalue weighted by atomic mass is 10.1. The number of aliphatic hydroxyl groups is 1. The zero-order chi connectivity index (χ0) is 10.8. The van der Waals surface area contributed by atoms with Crippen molar-refractivity contribution >= 4 is 23.5 Å². The maximum atomic E-state index is 11.3. The Labute approximate surface area is 86.2 Å². The molecule has 1 amide bonds. The van der Waals surface area contributed by atoms with Crippen LogP contribution >= 0.6 is 0 Å². The molecule has 0 aliphatic carbocycles. The van der Waals surface area contributed by atoms with Gasteiger partial charge in [-0.2, -0.15) is 0 Å². The molecule has 0 fully saturated rings. The third-order valence-electron chi connectivity index (χ3n) is 2.16. The van der Waals surface area contributed by atoms with Crippen LogP contribution in [0.5, 0.6) is 0 Å². The van der Waals surface area contributed by atoms with Crippen LogP contribution in [0.15, 0.2) is 24.3 Å². The number of benzene rings is 1. The van der Waals surface area contributed by atoms with Crippen molar-refractivity contribution in [2.24, 2.45) is 0 Å². The summed E-state index contributed by atoms with van der Waals surface area (Å²) in [6.45, 7) is -0.0393. The van der Waals surface area contributed by atoms with Gasteiger partial charge in [0.1, 0.15) is 0 Å². The van der Waals surface area contributed by atoms with E-state index < -0.39 is 11.7 Å². The van der Waals surface area contributed by atoms with Gasteiger partial charge >= 0.3 is 0 Å². The molecule has 0 spiro atoms. The van der Waals surface area contributed by atoms with E-state index in [1.807, 2.05) is 0 Å². The number of rotatable bonds is 2.